The van der Waals surface area contributed by atoms with E-state index >= 15 is 0 Å². The van der Waals surface area contributed by atoms with Gasteiger partial charge in [-0.3, -0.25) is 9.36 Å². The Kier molecular flexibility index (Phi) is 5.09. The van der Waals surface area contributed by atoms with Gasteiger partial charge in [-0.05, 0) is 37.6 Å². The van der Waals surface area contributed by atoms with Crippen molar-refractivity contribution in [3.8, 4) is 0 Å². The summed E-state index contributed by atoms with van der Waals surface area (Å²) in [6.45, 7) is 2.37. The maximum Gasteiger partial charge on any atom is 0.341 e. The van der Waals surface area contributed by atoms with Gasteiger partial charge in [0.2, 0.25) is 0 Å². The van der Waals surface area contributed by atoms with Crippen LogP contribution in [-0.4, -0.2) is 27.1 Å². The second kappa shape index (κ2) is 7.44. The number of ether oxygens (including phenoxy) is 1. The van der Waals surface area contributed by atoms with Gasteiger partial charge in [-0.2, -0.15) is 0 Å². The fourth-order valence-corrected chi connectivity index (χ4v) is 2.74. The zero-order valence-electron chi connectivity index (χ0n) is 13.6. The van der Waals surface area contributed by atoms with Gasteiger partial charge in [-0.1, -0.05) is 23.7 Å². The van der Waals surface area contributed by atoms with Gasteiger partial charge >= 0.3 is 5.97 Å². The number of aromatic nitrogens is 3. The first-order chi connectivity index (χ1) is 12.1. The van der Waals surface area contributed by atoms with Crippen LogP contribution < -0.4 is 5.56 Å². The molecule has 0 spiro atoms. The number of benzene rings is 1. The van der Waals surface area contributed by atoms with E-state index in [1.54, 1.807) is 29.7 Å². The molecule has 0 fully saturated rings. The smallest absolute Gasteiger partial charge is 0.341 e. The lowest BCUT2D eigenvalue weighted by molar-refractivity contribution is 0.0495. The highest BCUT2D eigenvalue weighted by atomic mass is 35.5. The standard InChI is InChI=1S/C18H16ClN3O3/c1-12-21-15-8-3-2-6-13(15)17(23)22(12)10-5-11-25-18(24)14-7-4-9-20-16(14)19/h2-4,6-9H,5,10-11H2,1H3. The Hall–Kier alpha value is -2.73. The van der Waals surface area contributed by atoms with E-state index in [1.807, 2.05) is 18.2 Å². The minimum absolute atomic E-state index is 0.0928. The average molecular weight is 358 g/mol. The topological polar surface area (TPSA) is 74.1 Å². The van der Waals surface area contributed by atoms with Gasteiger partial charge < -0.3 is 4.74 Å². The molecule has 0 saturated heterocycles. The molecule has 0 unspecified atom stereocenters. The number of hydrogen-bond acceptors (Lipinski definition) is 5. The summed E-state index contributed by atoms with van der Waals surface area (Å²) in [6.07, 6.45) is 1.99. The number of nitrogens with zero attached hydrogens (tertiary/aromatic N) is 3. The van der Waals surface area contributed by atoms with Gasteiger partial charge in [0.25, 0.3) is 5.56 Å². The van der Waals surface area contributed by atoms with Crippen molar-refractivity contribution in [2.75, 3.05) is 6.61 Å². The number of fused-ring (bicyclic) bond motifs is 1. The normalized spacial score (nSPS) is 10.8. The lowest BCUT2D eigenvalue weighted by Gasteiger charge is -2.11. The van der Waals surface area contributed by atoms with Crippen molar-refractivity contribution in [2.45, 2.75) is 19.9 Å². The first-order valence-corrected chi connectivity index (χ1v) is 8.19. The fourth-order valence-electron chi connectivity index (χ4n) is 2.55. The van der Waals surface area contributed by atoms with Crippen molar-refractivity contribution < 1.29 is 9.53 Å². The van der Waals surface area contributed by atoms with Gasteiger partial charge in [-0.25, -0.2) is 14.8 Å². The van der Waals surface area contributed by atoms with Crippen LogP contribution in [-0.2, 0) is 11.3 Å². The number of pyridine rings is 1. The fraction of sp³-hybridized carbons (Fsp3) is 0.222. The summed E-state index contributed by atoms with van der Waals surface area (Å²) in [7, 11) is 0. The van der Waals surface area contributed by atoms with Crippen LogP contribution in [0.2, 0.25) is 5.15 Å². The van der Waals surface area contributed by atoms with Crippen molar-refractivity contribution in [3.63, 3.8) is 0 Å². The summed E-state index contributed by atoms with van der Waals surface area (Å²) in [5.74, 6) is 0.101. The van der Waals surface area contributed by atoms with Crippen molar-refractivity contribution in [1.82, 2.24) is 14.5 Å². The molecular weight excluding hydrogens is 342 g/mol. The van der Waals surface area contributed by atoms with Crippen LogP contribution in [0.3, 0.4) is 0 Å². The molecule has 0 aliphatic heterocycles. The second-order valence-corrected chi connectivity index (χ2v) is 5.82. The van der Waals surface area contributed by atoms with Crippen LogP contribution in [0, 0.1) is 6.92 Å². The van der Waals surface area contributed by atoms with E-state index in [2.05, 4.69) is 9.97 Å². The Morgan fingerprint density at radius 2 is 2.04 bits per heavy atom. The van der Waals surface area contributed by atoms with E-state index in [9.17, 15) is 9.59 Å². The SMILES string of the molecule is Cc1nc2ccccc2c(=O)n1CCCOC(=O)c1cccnc1Cl. The number of hydrogen-bond donors (Lipinski definition) is 0. The molecule has 0 saturated carbocycles. The first kappa shape index (κ1) is 17.1. The lowest BCUT2D eigenvalue weighted by Crippen LogP contribution is -2.24. The first-order valence-electron chi connectivity index (χ1n) is 7.82. The Morgan fingerprint density at radius 3 is 2.84 bits per heavy atom. The molecule has 3 aromatic rings. The van der Waals surface area contributed by atoms with Crippen LogP contribution >= 0.6 is 11.6 Å². The van der Waals surface area contributed by atoms with Gasteiger partial charge in [0.1, 0.15) is 11.0 Å². The van der Waals surface area contributed by atoms with E-state index in [4.69, 9.17) is 16.3 Å². The Morgan fingerprint density at radius 1 is 1.24 bits per heavy atom. The summed E-state index contributed by atoms with van der Waals surface area (Å²) in [5.41, 5.74) is 0.813. The Bertz CT molecular complexity index is 985. The zero-order chi connectivity index (χ0) is 17.8. The highest BCUT2D eigenvalue weighted by Crippen LogP contribution is 2.13. The van der Waals surface area contributed by atoms with E-state index in [0.717, 1.165) is 0 Å². The molecule has 0 aliphatic rings. The van der Waals surface area contributed by atoms with Crippen LogP contribution in [0.1, 0.15) is 22.6 Å². The number of aryl methyl sites for hydroxylation is 1. The molecule has 25 heavy (non-hydrogen) atoms. The molecule has 0 bridgehead atoms. The molecule has 128 valence electrons. The van der Waals surface area contributed by atoms with Crippen molar-refractivity contribution >= 4 is 28.5 Å². The molecule has 0 aliphatic carbocycles. The molecule has 6 nitrogen and oxygen atoms in total. The number of carbonyl (C=O) groups is 1. The Balaban J connectivity index is 1.65. The monoisotopic (exact) mass is 357 g/mol. The van der Waals surface area contributed by atoms with Crippen LogP contribution in [0.25, 0.3) is 10.9 Å². The van der Waals surface area contributed by atoms with Crippen molar-refractivity contribution in [2.24, 2.45) is 0 Å². The summed E-state index contributed by atoms with van der Waals surface area (Å²) < 4.78 is 6.79. The summed E-state index contributed by atoms with van der Waals surface area (Å²) >= 11 is 5.86. The largest absolute Gasteiger partial charge is 0.462 e. The Labute approximate surface area is 149 Å². The van der Waals surface area contributed by atoms with E-state index < -0.39 is 5.97 Å². The third kappa shape index (κ3) is 3.69. The van der Waals surface area contributed by atoms with Gasteiger partial charge in [0.15, 0.2) is 0 Å². The van der Waals surface area contributed by atoms with Crippen LogP contribution in [0.15, 0.2) is 47.4 Å². The molecule has 2 heterocycles. The van der Waals surface area contributed by atoms with Gasteiger partial charge in [0.05, 0.1) is 23.1 Å². The van der Waals surface area contributed by atoms with Crippen LogP contribution in [0.4, 0.5) is 0 Å². The summed E-state index contributed by atoms with van der Waals surface area (Å²) in [4.78, 5) is 32.8. The molecule has 1 aromatic carbocycles. The van der Waals surface area contributed by atoms with E-state index in [-0.39, 0.29) is 22.9 Å². The van der Waals surface area contributed by atoms with Crippen molar-refractivity contribution in [1.29, 1.82) is 0 Å². The predicted molar refractivity (Wildman–Crippen MR) is 94.9 cm³/mol. The summed E-state index contributed by atoms with van der Waals surface area (Å²) in [5, 5.41) is 0.686. The molecule has 0 amide bonds. The maximum atomic E-state index is 12.5. The molecule has 2 aromatic heterocycles. The van der Waals surface area contributed by atoms with E-state index in [1.165, 1.54) is 6.20 Å². The third-order valence-corrected chi connectivity index (χ3v) is 4.09. The minimum Gasteiger partial charge on any atom is -0.462 e. The number of esters is 1. The van der Waals surface area contributed by atoms with Gasteiger partial charge in [-0.15, -0.1) is 0 Å². The van der Waals surface area contributed by atoms with Crippen LogP contribution in [0.5, 0.6) is 0 Å². The maximum absolute atomic E-state index is 12.5. The molecule has 0 atom stereocenters. The quantitative estimate of drug-likeness (QED) is 0.398. The van der Waals surface area contributed by atoms with Crippen molar-refractivity contribution in [3.05, 3.63) is 69.5 Å². The highest BCUT2D eigenvalue weighted by Gasteiger charge is 2.12. The number of para-hydroxylation sites is 1. The molecule has 0 N–H and O–H groups in total. The average Bonchev–Trinajstić information content (AvgIpc) is 2.61. The molecule has 7 heteroatoms. The highest BCUT2D eigenvalue weighted by molar-refractivity contribution is 6.32. The lowest BCUT2D eigenvalue weighted by atomic mass is 10.2. The molecular formula is C18H16ClN3O3. The minimum atomic E-state index is -0.529. The second-order valence-electron chi connectivity index (χ2n) is 5.46. The van der Waals surface area contributed by atoms with Gasteiger partial charge in [0, 0.05) is 12.7 Å². The van der Waals surface area contributed by atoms with E-state index in [0.29, 0.717) is 29.7 Å². The summed E-state index contributed by atoms with van der Waals surface area (Å²) in [6, 6.07) is 10.4. The molecule has 3 rings (SSSR count). The number of halogens is 1. The predicted octanol–water partition coefficient (Wildman–Crippen LogP) is 3.00. The molecule has 0 radical (unpaired) electrons. The zero-order valence-corrected chi connectivity index (χ0v) is 14.4. The number of rotatable bonds is 5. The number of carbonyl (C=O) groups excluding carboxylic acids is 1. The third-order valence-electron chi connectivity index (χ3n) is 3.79.